The highest BCUT2D eigenvalue weighted by molar-refractivity contribution is 5.75. The van der Waals surface area contributed by atoms with Crippen LogP contribution >= 0.6 is 0 Å². The SMILES string of the molecule is N#C[C@@H](OC(=O)C1CC1)c1cccc(Oc2ccccc2)c1. The minimum absolute atomic E-state index is 0.0281. The van der Waals surface area contributed by atoms with E-state index < -0.39 is 6.10 Å². The molecule has 1 aliphatic carbocycles. The summed E-state index contributed by atoms with van der Waals surface area (Å²) in [5, 5.41) is 9.24. The van der Waals surface area contributed by atoms with Gasteiger partial charge in [0.2, 0.25) is 6.10 Å². The van der Waals surface area contributed by atoms with Crippen molar-refractivity contribution in [3.05, 3.63) is 60.2 Å². The molecule has 0 aliphatic heterocycles. The maximum atomic E-state index is 11.7. The van der Waals surface area contributed by atoms with E-state index in [1.807, 2.05) is 36.4 Å². The number of hydrogen-bond acceptors (Lipinski definition) is 4. The Hall–Kier alpha value is -2.80. The summed E-state index contributed by atoms with van der Waals surface area (Å²) in [4.78, 5) is 11.7. The highest BCUT2D eigenvalue weighted by Crippen LogP contribution is 2.33. The fraction of sp³-hybridized carbons (Fsp3) is 0.222. The van der Waals surface area contributed by atoms with E-state index in [4.69, 9.17) is 9.47 Å². The Bertz CT molecular complexity index is 702. The van der Waals surface area contributed by atoms with E-state index in [2.05, 4.69) is 0 Å². The number of carbonyl (C=O) groups excluding carboxylic acids is 1. The van der Waals surface area contributed by atoms with E-state index in [9.17, 15) is 10.1 Å². The van der Waals surface area contributed by atoms with Crippen LogP contribution in [0, 0.1) is 17.2 Å². The number of benzene rings is 2. The molecule has 0 radical (unpaired) electrons. The molecule has 2 aromatic carbocycles. The van der Waals surface area contributed by atoms with E-state index in [0.29, 0.717) is 17.1 Å². The average molecular weight is 293 g/mol. The number of para-hydroxylation sites is 1. The lowest BCUT2D eigenvalue weighted by Gasteiger charge is -2.12. The van der Waals surface area contributed by atoms with E-state index in [1.54, 1.807) is 24.3 Å². The van der Waals surface area contributed by atoms with Crippen molar-refractivity contribution in [3.8, 4) is 17.6 Å². The largest absolute Gasteiger partial charge is 0.457 e. The zero-order chi connectivity index (χ0) is 15.4. The quantitative estimate of drug-likeness (QED) is 0.782. The minimum Gasteiger partial charge on any atom is -0.457 e. The Balaban J connectivity index is 1.74. The van der Waals surface area contributed by atoms with E-state index in [1.165, 1.54) is 0 Å². The van der Waals surface area contributed by atoms with Crippen LogP contribution in [0.4, 0.5) is 0 Å². The summed E-state index contributed by atoms with van der Waals surface area (Å²) >= 11 is 0. The van der Waals surface area contributed by atoms with Crippen LogP contribution in [-0.2, 0) is 9.53 Å². The van der Waals surface area contributed by atoms with Crippen molar-refractivity contribution < 1.29 is 14.3 Å². The number of nitriles is 1. The van der Waals surface area contributed by atoms with Gasteiger partial charge in [0.1, 0.15) is 17.6 Å². The predicted molar refractivity (Wildman–Crippen MR) is 80.1 cm³/mol. The molecule has 4 nitrogen and oxygen atoms in total. The molecule has 4 heteroatoms. The Morgan fingerprint density at radius 3 is 2.50 bits per heavy atom. The molecule has 1 atom stereocenters. The van der Waals surface area contributed by atoms with Gasteiger partial charge in [0.15, 0.2) is 0 Å². The molecular weight excluding hydrogens is 278 g/mol. The maximum Gasteiger partial charge on any atom is 0.310 e. The first-order chi connectivity index (χ1) is 10.8. The highest BCUT2D eigenvalue weighted by Gasteiger charge is 2.33. The molecule has 0 saturated heterocycles. The molecule has 0 amide bonds. The molecule has 1 saturated carbocycles. The zero-order valence-electron chi connectivity index (χ0n) is 11.9. The molecule has 1 aliphatic rings. The second-order valence-corrected chi connectivity index (χ2v) is 5.21. The first-order valence-electron chi connectivity index (χ1n) is 7.19. The lowest BCUT2D eigenvalue weighted by atomic mass is 10.1. The predicted octanol–water partition coefficient (Wildman–Crippen LogP) is 4.00. The first kappa shape index (κ1) is 14.2. The standard InChI is InChI=1S/C18H15NO3/c19-12-17(22-18(20)13-9-10-13)14-5-4-8-16(11-14)21-15-6-2-1-3-7-15/h1-8,11,13,17H,9-10H2/t17-/m1/s1. The Morgan fingerprint density at radius 2 is 1.82 bits per heavy atom. The van der Waals surface area contributed by atoms with Crippen LogP contribution < -0.4 is 4.74 Å². The summed E-state index contributed by atoms with van der Waals surface area (Å²) in [7, 11) is 0. The topological polar surface area (TPSA) is 59.3 Å². The van der Waals surface area contributed by atoms with Gasteiger partial charge in [-0.25, -0.2) is 0 Å². The van der Waals surface area contributed by atoms with Crippen LogP contribution in [0.3, 0.4) is 0 Å². The molecule has 3 rings (SSSR count). The van der Waals surface area contributed by atoms with Crippen LogP contribution in [0.25, 0.3) is 0 Å². The number of esters is 1. The van der Waals surface area contributed by atoms with Gasteiger partial charge in [0.25, 0.3) is 0 Å². The van der Waals surface area contributed by atoms with E-state index in [0.717, 1.165) is 12.8 Å². The molecule has 0 unspecified atom stereocenters. The number of rotatable bonds is 5. The van der Waals surface area contributed by atoms with Gasteiger partial charge in [-0.2, -0.15) is 5.26 Å². The maximum absolute atomic E-state index is 11.7. The summed E-state index contributed by atoms with van der Waals surface area (Å²) in [6.07, 6.45) is 0.815. The summed E-state index contributed by atoms with van der Waals surface area (Å²) in [6, 6.07) is 18.5. The van der Waals surface area contributed by atoms with Crippen molar-refractivity contribution in [2.24, 2.45) is 5.92 Å². The van der Waals surface area contributed by atoms with E-state index in [-0.39, 0.29) is 11.9 Å². The number of carbonyl (C=O) groups is 1. The smallest absolute Gasteiger partial charge is 0.310 e. The monoisotopic (exact) mass is 293 g/mol. The molecule has 0 aromatic heterocycles. The Kier molecular flexibility index (Phi) is 4.06. The fourth-order valence-electron chi connectivity index (χ4n) is 2.07. The van der Waals surface area contributed by atoms with Gasteiger partial charge in [0.05, 0.1) is 5.92 Å². The Morgan fingerprint density at radius 1 is 1.09 bits per heavy atom. The summed E-state index contributed by atoms with van der Waals surface area (Å²) in [6.45, 7) is 0. The van der Waals surface area contributed by atoms with Crippen LogP contribution in [0.15, 0.2) is 54.6 Å². The minimum atomic E-state index is -0.896. The number of nitrogens with zero attached hydrogens (tertiary/aromatic N) is 1. The molecule has 0 N–H and O–H groups in total. The summed E-state index contributed by atoms with van der Waals surface area (Å²) < 4.78 is 11.0. The normalized spacial score (nSPS) is 14.7. The van der Waals surface area contributed by atoms with Gasteiger partial charge in [-0.1, -0.05) is 30.3 Å². The van der Waals surface area contributed by atoms with Gasteiger partial charge < -0.3 is 9.47 Å². The zero-order valence-corrected chi connectivity index (χ0v) is 11.9. The molecule has 0 spiro atoms. The average Bonchev–Trinajstić information content (AvgIpc) is 3.38. The lowest BCUT2D eigenvalue weighted by molar-refractivity contribution is -0.148. The van der Waals surface area contributed by atoms with E-state index >= 15 is 0 Å². The van der Waals surface area contributed by atoms with Crippen LogP contribution in [0.5, 0.6) is 11.5 Å². The van der Waals surface area contributed by atoms with Crippen LogP contribution in [-0.4, -0.2) is 5.97 Å². The van der Waals surface area contributed by atoms with Gasteiger partial charge in [0, 0.05) is 5.56 Å². The summed E-state index contributed by atoms with van der Waals surface area (Å²) in [5.41, 5.74) is 0.616. The lowest BCUT2D eigenvalue weighted by Crippen LogP contribution is -2.11. The van der Waals surface area contributed by atoms with Crippen molar-refractivity contribution in [2.75, 3.05) is 0 Å². The molecular formula is C18H15NO3. The number of hydrogen-bond donors (Lipinski definition) is 0. The fourth-order valence-corrected chi connectivity index (χ4v) is 2.07. The molecule has 0 bridgehead atoms. The third kappa shape index (κ3) is 3.44. The van der Waals surface area contributed by atoms with Gasteiger partial charge in [-0.05, 0) is 37.1 Å². The second-order valence-electron chi connectivity index (χ2n) is 5.21. The molecule has 0 heterocycles. The van der Waals surface area contributed by atoms with Crippen molar-refractivity contribution in [2.45, 2.75) is 18.9 Å². The van der Waals surface area contributed by atoms with Crippen molar-refractivity contribution in [1.29, 1.82) is 5.26 Å². The molecule has 2 aromatic rings. The van der Waals surface area contributed by atoms with Gasteiger partial charge in [-0.15, -0.1) is 0 Å². The molecule has 110 valence electrons. The van der Waals surface area contributed by atoms with Gasteiger partial charge >= 0.3 is 5.97 Å². The van der Waals surface area contributed by atoms with Crippen LogP contribution in [0.2, 0.25) is 0 Å². The van der Waals surface area contributed by atoms with Crippen LogP contribution in [0.1, 0.15) is 24.5 Å². The molecule has 22 heavy (non-hydrogen) atoms. The van der Waals surface area contributed by atoms with Crippen molar-refractivity contribution in [3.63, 3.8) is 0 Å². The van der Waals surface area contributed by atoms with Crippen molar-refractivity contribution in [1.82, 2.24) is 0 Å². The molecule has 1 fully saturated rings. The first-order valence-corrected chi connectivity index (χ1v) is 7.19. The van der Waals surface area contributed by atoms with Crippen molar-refractivity contribution >= 4 is 5.97 Å². The second kappa shape index (κ2) is 6.31. The number of ether oxygens (including phenoxy) is 2. The Labute approximate surface area is 128 Å². The highest BCUT2D eigenvalue weighted by atomic mass is 16.5. The third-order valence-electron chi connectivity index (χ3n) is 3.40. The van der Waals surface area contributed by atoms with Gasteiger partial charge in [-0.3, -0.25) is 4.79 Å². The summed E-state index contributed by atoms with van der Waals surface area (Å²) in [5.74, 6) is 0.995. The third-order valence-corrected chi connectivity index (χ3v) is 3.40.